The third kappa shape index (κ3) is 4.49. The topological polar surface area (TPSA) is 91.6 Å². The molecule has 1 aliphatic carbocycles. The Morgan fingerprint density at radius 3 is 2.84 bits per heavy atom. The molecule has 8 nitrogen and oxygen atoms in total. The van der Waals surface area contributed by atoms with Gasteiger partial charge in [0.2, 0.25) is 11.8 Å². The van der Waals surface area contributed by atoms with E-state index in [0.29, 0.717) is 44.3 Å². The number of amides is 3. The van der Waals surface area contributed by atoms with Crippen LogP contribution in [0.3, 0.4) is 0 Å². The van der Waals surface area contributed by atoms with Gasteiger partial charge in [0.15, 0.2) is 5.82 Å². The molecule has 1 atom stereocenters. The van der Waals surface area contributed by atoms with E-state index in [1.807, 2.05) is 11.8 Å². The quantitative estimate of drug-likeness (QED) is 0.806. The van der Waals surface area contributed by atoms with E-state index in [2.05, 4.69) is 15.5 Å². The molecule has 0 spiro atoms. The highest BCUT2D eigenvalue weighted by Crippen LogP contribution is 2.38. The van der Waals surface area contributed by atoms with Crippen molar-refractivity contribution < 1.29 is 14.1 Å². The monoisotopic (exact) mass is 349 g/mol. The molecule has 1 N–H and O–H groups in total. The predicted molar refractivity (Wildman–Crippen MR) is 91.0 cm³/mol. The van der Waals surface area contributed by atoms with Crippen molar-refractivity contribution in [2.75, 3.05) is 26.2 Å². The lowest BCUT2D eigenvalue weighted by atomic mass is 10.2. The molecule has 3 rings (SSSR count). The summed E-state index contributed by atoms with van der Waals surface area (Å²) in [5, 5.41) is 6.90. The molecule has 0 radical (unpaired) electrons. The molecule has 0 bridgehead atoms. The molecule has 2 heterocycles. The first kappa shape index (κ1) is 17.7. The minimum atomic E-state index is -0.0416. The first-order chi connectivity index (χ1) is 12.1. The Hall–Kier alpha value is -2.12. The van der Waals surface area contributed by atoms with E-state index in [-0.39, 0.29) is 18.0 Å². The van der Waals surface area contributed by atoms with E-state index in [1.54, 1.807) is 11.8 Å². The van der Waals surface area contributed by atoms with Gasteiger partial charge in [0, 0.05) is 45.4 Å². The predicted octanol–water partition coefficient (Wildman–Crippen LogP) is 1.53. The van der Waals surface area contributed by atoms with Crippen LogP contribution in [0.5, 0.6) is 0 Å². The van der Waals surface area contributed by atoms with E-state index < -0.39 is 0 Å². The highest BCUT2D eigenvalue weighted by molar-refractivity contribution is 5.76. The number of nitrogens with zero attached hydrogens (tertiary/aromatic N) is 4. The molecular formula is C17H27N5O3. The van der Waals surface area contributed by atoms with Gasteiger partial charge in [0.1, 0.15) is 0 Å². The number of carbonyl (C=O) groups excluding carboxylic acids is 2. The van der Waals surface area contributed by atoms with Gasteiger partial charge in [-0.3, -0.25) is 4.79 Å². The van der Waals surface area contributed by atoms with Crippen molar-refractivity contribution in [1.29, 1.82) is 0 Å². The van der Waals surface area contributed by atoms with Gasteiger partial charge in [0.05, 0.1) is 6.04 Å². The van der Waals surface area contributed by atoms with Gasteiger partial charge in [-0.2, -0.15) is 4.98 Å². The summed E-state index contributed by atoms with van der Waals surface area (Å²) in [6.45, 7) is 6.08. The van der Waals surface area contributed by atoms with Gasteiger partial charge in [-0.1, -0.05) is 12.1 Å². The molecule has 2 fully saturated rings. The summed E-state index contributed by atoms with van der Waals surface area (Å²) in [6.07, 6.45) is 4.54. The average molecular weight is 349 g/mol. The van der Waals surface area contributed by atoms with Gasteiger partial charge < -0.3 is 19.6 Å². The molecule has 0 aromatic carbocycles. The van der Waals surface area contributed by atoms with E-state index in [4.69, 9.17) is 4.52 Å². The molecular weight excluding hydrogens is 322 g/mol. The molecule has 8 heteroatoms. The fourth-order valence-electron chi connectivity index (χ4n) is 3.21. The van der Waals surface area contributed by atoms with Crippen molar-refractivity contribution in [3.05, 3.63) is 11.7 Å². The lowest BCUT2D eigenvalue weighted by Crippen LogP contribution is -2.44. The van der Waals surface area contributed by atoms with Crippen LogP contribution in [0.1, 0.15) is 57.2 Å². The largest absolute Gasteiger partial charge is 0.339 e. The van der Waals surface area contributed by atoms with Gasteiger partial charge in [0.25, 0.3) is 0 Å². The lowest BCUT2D eigenvalue weighted by molar-refractivity contribution is -0.130. The fourth-order valence-corrected chi connectivity index (χ4v) is 3.21. The third-order valence-corrected chi connectivity index (χ3v) is 4.81. The van der Waals surface area contributed by atoms with Gasteiger partial charge >= 0.3 is 6.03 Å². The van der Waals surface area contributed by atoms with E-state index in [0.717, 1.165) is 31.6 Å². The van der Waals surface area contributed by atoms with Crippen molar-refractivity contribution in [3.8, 4) is 0 Å². The van der Waals surface area contributed by atoms with Crippen LogP contribution in [-0.4, -0.2) is 64.1 Å². The van der Waals surface area contributed by atoms with Crippen LogP contribution in [0, 0.1) is 0 Å². The van der Waals surface area contributed by atoms with Gasteiger partial charge in [-0.25, -0.2) is 4.79 Å². The number of aromatic nitrogens is 2. The average Bonchev–Trinajstić information content (AvgIpc) is 3.14. The van der Waals surface area contributed by atoms with Crippen molar-refractivity contribution in [3.63, 3.8) is 0 Å². The molecule has 1 aromatic heterocycles. The molecule has 138 valence electrons. The molecule has 1 saturated heterocycles. The molecule has 25 heavy (non-hydrogen) atoms. The second-order valence-corrected chi connectivity index (χ2v) is 6.91. The summed E-state index contributed by atoms with van der Waals surface area (Å²) in [6, 6.07) is 0.0137. The summed E-state index contributed by atoms with van der Waals surface area (Å²) in [4.78, 5) is 32.2. The molecule has 2 aliphatic rings. The number of rotatable bonds is 7. The van der Waals surface area contributed by atoms with E-state index in [1.165, 1.54) is 0 Å². The standard InChI is InChI=1S/C17H27N5O3/c1-3-8-18-17(24)21-9-6-14(11-21)22(12(2)23)10-7-15-19-16(25-20-15)13-4-5-13/h13-14H,3-11H2,1-2H3,(H,18,24). The Morgan fingerprint density at radius 1 is 1.36 bits per heavy atom. The third-order valence-electron chi connectivity index (χ3n) is 4.81. The Balaban J connectivity index is 1.52. The molecule has 1 saturated carbocycles. The smallest absolute Gasteiger partial charge is 0.317 e. The van der Waals surface area contributed by atoms with Gasteiger partial charge in [-0.05, 0) is 25.7 Å². The Labute approximate surface area is 147 Å². The highest BCUT2D eigenvalue weighted by Gasteiger charge is 2.32. The van der Waals surface area contributed by atoms with E-state index in [9.17, 15) is 9.59 Å². The maximum Gasteiger partial charge on any atom is 0.317 e. The first-order valence-corrected chi connectivity index (χ1v) is 9.21. The molecule has 3 amide bonds. The zero-order valence-electron chi connectivity index (χ0n) is 15.0. The number of hydrogen-bond acceptors (Lipinski definition) is 5. The molecule has 1 aromatic rings. The SMILES string of the molecule is CCCNC(=O)N1CCC(N(CCc2noc(C3CC3)n2)C(C)=O)C1. The summed E-state index contributed by atoms with van der Waals surface area (Å²) in [7, 11) is 0. The number of likely N-dealkylation sites (tertiary alicyclic amines) is 1. The maximum atomic E-state index is 12.1. The van der Waals surface area contributed by atoms with Crippen LogP contribution in [0.15, 0.2) is 4.52 Å². The fraction of sp³-hybridized carbons (Fsp3) is 0.765. The molecule has 1 unspecified atom stereocenters. The normalized spacial score (nSPS) is 19.9. The Kier molecular flexibility index (Phi) is 5.55. The number of urea groups is 1. The second-order valence-electron chi connectivity index (χ2n) is 6.91. The van der Waals surface area contributed by atoms with Crippen molar-refractivity contribution >= 4 is 11.9 Å². The van der Waals surface area contributed by atoms with Crippen molar-refractivity contribution in [2.45, 2.75) is 57.9 Å². The Bertz CT molecular complexity index is 613. The van der Waals surface area contributed by atoms with Crippen LogP contribution in [0.4, 0.5) is 4.79 Å². The number of carbonyl (C=O) groups is 2. The number of nitrogens with one attached hydrogen (secondary N) is 1. The van der Waals surface area contributed by atoms with Crippen LogP contribution in [0.2, 0.25) is 0 Å². The lowest BCUT2D eigenvalue weighted by Gasteiger charge is -2.27. The summed E-state index contributed by atoms with van der Waals surface area (Å²) < 4.78 is 5.27. The minimum Gasteiger partial charge on any atom is -0.339 e. The van der Waals surface area contributed by atoms with Crippen molar-refractivity contribution in [2.24, 2.45) is 0 Å². The van der Waals surface area contributed by atoms with Crippen LogP contribution >= 0.6 is 0 Å². The van der Waals surface area contributed by atoms with Gasteiger partial charge in [-0.15, -0.1) is 0 Å². The van der Waals surface area contributed by atoms with Crippen LogP contribution in [-0.2, 0) is 11.2 Å². The maximum absolute atomic E-state index is 12.1. The highest BCUT2D eigenvalue weighted by atomic mass is 16.5. The van der Waals surface area contributed by atoms with E-state index >= 15 is 0 Å². The summed E-state index contributed by atoms with van der Waals surface area (Å²) in [5.41, 5.74) is 0. The van der Waals surface area contributed by atoms with Crippen molar-refractivity contribution in [1.82, 2.24) is 25.3 Å². The van der Waals surface area contributed by atoms with Crippen LogP contribution in [0.25, 0.3) is 0 Å². The summed E-state index contributed by atoms with van der Waals surface area (Å²) in [5.74, 6) is 1.84. The first-order valence-electron chi connectivity index (χ1n) is 9.21. The van der Waals surface area contributed by atoms with Crippen LogP contribution < -0.4 is 5.32 Å². The summed E-state index contributed by atoms with van der Waals surface area (Å²) >= 11 is 0. The molecule has 1 aliphatic heterocycles. The zero-order chi connectivity index (χ0) is 17.8. The minimum absolute atomic E-state index is 0.0201. The number of hydrogen-bond donors (Lipinski definition) is 1. The zero-order valence-corrected chi connectivity index (χ0v) is 15.0. The Morgan fingerprint density at radius 2 is 2.16 bits per heavy atom. The second kappa shape index (κ2) is 7.84.